The first-order valence-electron chi connectivity index (χ1n) is 11.4. The van der Waals surface area contributed by atoms with Crippen LogP contribution in [0.5, 0.6) is 0 Å². The minimum absolute atomic E-state index is 0.00545. The van der Waals surface area contributed by atoms with E-state index in [0.29, 0.717) is 16.9 Å². The highest BCUT2D eigenvalue weighted by molar-refractivity contribution is 5.93. The van der Waals surface area contributed by atoms with Gasteiger partial charge in [0, 0.05) is 19.2 Å². The predicted octanol–water partition coefficient (Wildman–Crippen LogP) is 3.72. The molecule has 1 aliphatic carbocycles. The fourth-order valence-corrected chi connectivity index (χ4v) is 3.72. The Hall–Kier alpha value is -3.65. The summed E-state index contributed by atoms with van der Waals surface area (Å²) >= 11 is 0. The van der Waals surface area contributed by atoms with E-state index in [9.17, 15) is 35.9 Å². The number of aromatic nitrogens is 5. The zero-order valence-electron chi connectivity index (χ0n) is 19.3. The summed E-state index contributed by atoms with van der Waals surface area (Å²) in [6, 6.07) is 1.20. The molecule has 200 valence electrons. The second-order valence-electron chi connectivity index (χ2n) is 8.86. The van der Waals surface area contributed by atoms with Gasteiger partial charge in [-0.15, -0.1) is 0 Å². The highest BCUT2D eigenvalue weighted by Gasteiger charge is 2.35. The molecular weight excluding hydrogens is 508 g/mol. The van der Waals surface area contributed by atoms with Gasteiger partial charge in [0.1, 0.15) is 0 Å². The van der Waals surface area contributed by atoms with E-state index in [1.807, 2.05) is 0 Å². The second-order valence-corrected chi connectivity index (χ2v) is 8.86. The number of hydrogen-bond donors (Lipinski definition) is 2. The lowest BCUT2D eigenvalue weighted by Gasteiger charge is -2.19. The summed E-state index contributed by atoms with van der Waals surface area (Å²) in [5, 5.41) is 13.3. The molecule has 0 bridgehead atoms. The molecule has 0 aromatic carbocycles. The van der Waals surface area contributed by atoms with Gasteiger partial charge in [0.15, 0.2) is 5.65 Å². The average Bonchev–Trinajstić information content (AvgIpc) is 3.39. The van der Waals surface area contributed by atoms with Gasteiger partial charge < -0.3 is 10.6 Å². The number of amides is 2. The molecule has 4 rings (SSSR count). The molecule has 0 radical (unpaired) electrons. The second kappa shape index (κ2) is 10.4. The fourth-order valence-electron chi connectivity index (χ4n) is 3.72. The van der Waals surface area contributed by atoms with E-state index in [1.165, 1.54) is 23.1 Å². The van der Waals surface area contributed by atoms with Crippen molar-refractivity contribution in [2.75, 3.05) is 0 Å². The van der Waals surface area contributed by atoms with Gasteiger partial charge in [0.25, 0.3) is 5.91 Å². The summed E-state index contributed by atoms with van der Waals surface area (Å²) in [5.41, 5.74) is 1.57. The number of nitrogens with one attached hydrogen (secondary N) is 2. The summed E-state index contributed by atoms with van der Waals surface area (Å²) in [6.07, 6.45) is -4.53. The van der Waals surface area contributed by atoms with Gasteiger partial charge in [-0.3, -0.25) is 14.3 Å². The van der Waals surface area contributed by atoms with Crippen LogP contribution in [0.25, 0.3) is 5.65 Å². The van der Waals surface area contributed by atoms with Crippen LogP contribution in [0, 0.1) is 5.92 Å². The number of carbonyl (C=O) groups is 2. The molecule has 2 N–H and O–H groups in total. The van der Waals surface area contributed by atoms with E-state index in [2.05, 4.69) is 25.8 Å². The molecule has 0 spiro atoms. The molecule has 15 heteroatoms. The van der Waals surface area contributed by atoms with E-state index in [-0.39, 0.29) is 18.0 Å². The number of carbonyl (C=O) groups excluding carboxylic acids is 2. The van der Waals surface area contributed by atoms with Gasteiger partial charge >= 0.3 is 12.4 Å². The molecule has 2 amide bonds. The zero-order chi connectivity index (χ0) is 26.8. The lowest BCUT2D eigenvalue weighted by molar-refractivity contribution is -0.144. The van der Waals surface area contributed by atoms with Gasteiger partial charge in [0.05, 0.1) is 55.3 Å². The molecular formula is C22H23F6N7O2. The lowest BCUT2D eigenvalue weighted by atomic mass is 10.0. The monoisotopic (exact) mass is 531 g/mol. The molecule has 1 atom stereocenters. The Balaban J connectivity index is 1.36. The van der Waals surface area contributed by atoms with E-state index >= 15 is 0 Å². The molecule has 3 aromatic heterocycles. The quantitative estimate of drug-likeness (QED) is 0.388. The van der Waals surface area contributed by atoms with E-state index in [1.54, 1.807) is 12.3 Å². The predicted molar refractivity (Wildman–Crippen MR) is 116 cm³/mol. The van der Waals surface area contributed by atoms with Crippen LogP contribution >= 0.6 is 0 Å². The maximum absolute atomic E-state index is 12.4. The van der Waals surface area contributed by atoms with Crippen LogP contribution in [0.15, 0.2) is 30.9 Å². The zero-order valence-corrected chi connectivity index (χ0v) is 19.3. The van der Waals surface area contributed by atoms with Crippen LogP contribution in [0.2, 0.25) is 0 Å². The topological polar surface area (TPSA) is 106 Å². The summed E-state index contributed by atoms with van der Waals surface area (Å²) in [5.74, 6) is -1.13. The largest absolute Gasteiger partial charge is 0.390 e. The molecule has 3 heterocycles. The van der Waals surface area contributed by atoms with Gasteiger partial charge in [-0.25, -0.2) is 9.50 Å². The Kier molecular flexibility index (Phi) is 7.41. The first-order chi connectivity index (χ1) is 17.4. The molecule has 0 aliphatic heterocycles. The number of alkyl halides is 6. The van der Waals surface area contributed by atoms with Crippen LogP contribution in [0.1, 0.15) is 59.8 Å². The highest BCUT2D eigenvalue weighted by atomic mass is 19.4. The number of imidazole rings is 1. The van der Waals surface area contributed by atoms with Crippen molar-refractivity contribution in [2.24, 2.45) is 5.92 Å². The van der Waals surface area contributed by atoms with E-state index in [0.717, 1.165) is 17.5 Å². The van der Waals surface area contributed by atoms with Crippen molar-refractivity contribution in [3.05, 3.63) is 47.7 Å². The number of nitrogens with zero attached hydrogens (tertiary/aromatic N) is 5. The van der Waals surface area contributed by atoms with Crippen LogP contribution in [-0.4, -0.2) is 48.5 Å². The highest BCUT2D eigenvalue weighted by Crippen LogP contribution is 2.41. The van der Waals surface area contributed by atoms with Crippen molar-refractivity contribution >= 4 is 17.5 Å². The van der Waals surface area contributed by atoms with Crippen LogP contribution < -0.4 is 10.6 Å². The Morgan fingerprint density at radius 2 is 1.76 bits per heavy atom. The minimum atomic E-state index is -4.41. The molecule has 37 heavy (non-hydrogen) atoms. The van der Waals surface area contributed by atoms with Crippen molar-refractivity contribution in [3.63, 3.8) is 0 Å². The average molecular weight is 531 g/mol. The smallest absolute Gasteiger partial charge is 0.349 e. The molecule has 1 fully saturated rings. The molecule has 1 aliphatic rings. The maximum atomic E-state index is 12.4. The molecule has 1 unspecified atom stereocenters. The van der Waals surface area contributed by atoms with Crippen molar-refractivity contribution < 1.29 is 35.9 Å². The fraction of sp³-hybridized carbons (Fsp3) is 0.500. The van der Waals surface area contributed by atoms with E-state index < -0.39 is 56.0 Å². The molecule has 1 saturated carbocycles. The number of rotatable bonds is 10. The van der Waals surface area contributed by atoms with Crippen LogP contribution in [-0.2, 0) is 17.9 Å². The summed E-state index contributed by atoms with van der Waals surface area (Å²) in [6.45, 7) is -0.395. The number of hydrogen-bond acceptors (Lipinski definition) is 5. The summed E-state index contributed by atoms with van der Waals surface area (Å²) < 4.78 is 76.9. The van der Waals surface area contributed by atoms with Gasteiger partial charge in [-0.2, -0.15) is 36.5 Å². The molecule has 3 aromatic rings. The van der Waals surface area contributed by atoms with Crippen molar-refractivity contribution in [1.82, 2.24) is 35.0 Å². The molecule has 0 saturated heterocycles. The first-order valence-corrected chi connectivity index (χ1v) is 11.4. The third-order valence-corrected chi connectivity index (χ3v) is 5.75. The van der Waals surface area contributed by atoms with Crippen molar-refractivity contribution in [3.8, 4) is 0 Å². The Bertz CT molecular complexity index is 1260. The molecule has 9 nitrogen and oxygen atoms in total. The van der Waals surface area contributed by atoms with Crippen LogP contribution in [0.4, 0.5) is 26.3 Å². The normalized spacial score (nSPS) is 15.1. The number of fused-ring (bicyclic) bond motifs is 1. The standard InChI is InChI=1S/C22H23F6N7O2/c23-21(24,25)4-3-18(36)33-19(13-1-2-13)14-7-17-32-16(12-35(17)31-8-14)10-29-20(37)15-9-30-34(11-15)6-5-22(26,27)28/h7-9,11-13,19H,1-6,10H2,(H,29,37)(H,33,36). The number of aryl methyl sites for hydroxylation is 1. The Morgan fingerprint density at radius 3 is 2.43 bits per heavy atom. The Labute approximate surface area is 206 Å². The van der Waals surface area contributed by atoms with Crippen molar-refractivity contribution in [1.29, 1.82) is 0 Å². The summed E-state index contributed by atoms with van der Waals surface area (Å²) in [7, 11) is 0. The van der Waals surface area contributed by atoms with Crippen LogP contribution in [0.3, 0.4) is 0 Å². The Morgan fingerprint density at radius 1 is 1.03 bits per heavy atom. The van der Waals surface area contributed by atoms with Gasteiger partial charge in [-0.1, -0.05) is 0 Å². The first kappa shape index (κ1) is 26.4. The van der Waals surface area contributed by atoms with Gasteiger partial charge in [-0.05, 0) is 30.4 Å². The summed E-state index contributed by atoms with van der Waals surface area (Å²) in [4.78, 5) is 28.8. The third kappa shape index (κ3) is 7.67. The van der Waals surface area contributed by atoms with Crippen molar-refractivity contribution in [2.45, 2.75) is 63.6 Å². The lowest BCUT2D eigenvalue weighted by Crippen LogP contribution is -2.30. The SMILES string of the molecule is O=C(CCC(F)(F)F)NC(c1cnn2cc(CNC(=O)c3cnn(CCC(F)(F)F)c3)nc2c1)C1CC1. The van der Waals surface area contributed by atoms with Gasteiger partial charge in [0.2, 0.25) is 5.91 Å². The van der Waals surface area contributed by atoms with E-state index in [4.69, 9.17) is 0 Å². The third-order valence-electron chi connectivity index (χ3n) is 5.75. The minimum Gasteiger partial charge on any atom is -0.349 e. The maximum Gasteiger partial charge on any atom is 0.390 e. The number of halogens is 6.